The van der Waals surface area contributed by atoms with E-state index in [9.17, 15) is 34.4 Å². The molecule has 37 heavy (non-hydrogen) atoms. The summed E-state index contributed by atoms with van der Waals surface area (Å²) in [5.74, 6) is -5.04. The molecule has 0 fully saturated rings. The Morgan fingerprint density at radius 1 is 0.811 bits per heavy atom. The molecule has 3 rings (SSSR count). The van der Waals surface area contributed by atoms with Crippen LogP contribution < -0.4 is 5.32 Å². The third-order valence-electron chi connectivity index (χ3n) is 5.14. The van der Waals surface area contributed by atoms with E-state index < -0.39 is 40.9 Å². The number of nitro benzene ring substituents is 1. The lowest BCUT2D eigenvalue weighted by Gasteiger charge is -2.23. The number of anilines is 1. The predicted octanol–water partition coefficient (Wildman–Crippen LogP) is 3.69. The van der Waals surface area contributed by atoms with E-state index in [2.05, 4.69) is 5.32 Å². The molecule has 0 saturated heterocycles. The fourth-order valence-electron chi connectivity index (χ4n) is 3.15. The summed E-state index contributed by atoms with van der Waals surface area (Å²) in [4.78, 5) is 61.0. The number of carbonyl (C=O) groups excluding carboxylic acids is 3. The minimum Gasteiger partial charge on any atom is -0.478 e. The van der Waals surface area contributed by atoms with Crippen LogP contribution in [0, 0.1) is 24.0 Å². The standard InChI is InChI=1S/C26H22N2O9/c1-15-6-10-17(11-7-15)25(32)36-21(23(29)27-19-4-3-5-20(14-19)28(34)35)22(24(30)31)37-26(33)18-12-8-16(2)9-13-18/h3-14,21-22H,1-2H3,(H,27,29)(H,30,31)/t21-,22+/m1/s1. The molecule has 1 amide bonds. The Morgan fingerprint density at radius 3 is 1.76 bits per heavy atom. The summed E-state index contributed by atoms with van der Waals surface area (Å²) >= 11 is 0. The average molecular weight is 506 g/mol. The van der Waals surface area contributed by atoms with Gasteiger partial charge < -0.3 is 19.9 Å². The zero-order chi connectivity index (χ0) is 27.1. The molecule has 2 atom stereocenters. The molecular formula is C26H22N2O9. The first-order valence-corrected chi connectivity index (χ1v) is 10.9. The largest absolute Gasteiger partial charge is 0.478 e. The summed E-state index contributed by atoms with van der Waals surface area (Å²) in [5, 5.41) is 23.1. The van der Waals surface area contributed by atoms with Gasteiger partial charge in [-0.05, 0) is 44.2 Å². The molecule has 0 spiro atoms. The molecule has 11 nitrogen and oxygen atoms in total. The van der Waals surface area contributed by atoms with Gasteiger partial charge in [-0.15, -0.1) is 0 Å². The van der Waals surface area contributed by atoms with Crippen LogP contribution in [-0.4, -0.2) is 46.1 Å². The molecule has 3 aromatic rings. The van der Waals surface area contributed by atoms with Gasteiger partial charge in [0.15, 0.2) is 0 Å². The second-order valence-electron chi connectivity index (χ2n) is 8.02. The highest BCUT2D eigenvalue weighted by Crippen LogP contribution is 2.20. The van der Waals surface area contributed by atoms with Crippen molar-refractivity contribution < 1.29 is 38.7 Å². The molecule has 0 bridgehead atoms. The normalized spacial score (nSPS) is 12.1. The van der Waals surface area contributed by atoms with Gasteiger partial charge in [0, 0.05) is 17.8 Å². The summed E-state index contributed by atoms with van der Waals surface area (Å²) in [6, 6.07) is 16.9. The van der Waals surface area contributed by atoms with Crippen molar-refractivity contribution in [3.8, 4) is 0 Å². The molecule has 0 aliphatic rings. The highest BCUT2D eigenvalue weighted by molar-refractivity contribution is 6.01. The van der Waals surface area contributed by atoms with Crippen LogP contribution in [0.1, 0.15) is 31.8 Å². The zero-order valence-corrected chi connectivity index (χ0v) is 19.7. The number of carboxylic acids is 1. The molecule has 2 N–H and O–H groups in total. The topological polar surface area (TPSA) is 162 Å². The molecule has 0 aromatic heterocycles. The molecule has 0 aliphatic carbocycles. The summed E-state index contributed by atoms with van der Waals surface area (Å²) in [6.45, 7) is 3.57. The van der Waals surface area contributed by atoms with E-state index in [1.54, 1.807) is 38.1 Å². The van der Waals surface area contributed by atoms with Gasteiger partial charge in [0.25, 0.3) is 11.6 Å². The average Bonchev–Trinajstić information content (AvgIpc) is 2.86. The number of carboxylic acid groups (broad SMARTS) is 1. The number of ether oxygens (including phenoxy) is 2. The van der Waals surface area contributed by atoms with E-state index in [0.717, 1.165) is 17.2 Å². The fourth-order valence-corrected chi connectivity index (χ4v) is 3.15. The van der Waals surface area contributed by atoms with Gasteiger partial charge in [-0.1, -0.05) is 41.5 Å². The number of non-ortho nitro benzene ring substituents is 1. The second kappa shape index (κ2) is 11.6. The minimum absolute atomic E-state index is 0.0135. The van der Waals surface area contributed by atoms with Crippen LogP contribution >= 0.6 is 0 Å². The summed E-state index contributed by atoms with van der Waals surface area (Å²) in [7, 11) is 0. The van der Waals surface area contributed by atoms with Gasteiger partial charge in [-0.2, -0.15) is 0 Å². The van der Waals surface area contributed by atoms with Crippen molar-refractivity contribution in [1.82, 2.24) is 0 Å². The smallest absolute Gasteiger partial charge is 0.349 e. The van der Waals surface area contributed by atoms with Gasteiger partial charge in [0.05, 0.1) is 16.1 Å². The predicted molar refractivity (Wildman–Crippen MR) is 130 cm³/mol. The van der Waals surface area contributed by atoms with Gasteiger partial charge in [-0.3, -0.25) is 14.9 Å². The number of aliphatic carboxylic acids is 1. The molecule has 11 heteroatoms. The fraction of sp³-hybridized carbons (Fsp3) is 0.154. The number of amides is 1. The number of rotatable bonds is 9. The van der Waals surface area contributed by atoms with Crippen molar-refractivity contribution in [2.45, 2.75) is 26.1 Å². The number of hydrogen-bond acceptors (Lipinski definition) is 8. The number of benzene rings is 3. The van der Waals surface area contributed by atoms with Crippen LogP contribution in [0.5, 0.6) is 0 Å². The van der Waals surface area contributed by atoms with Gasteiger partial charge in [0.2, 0.25) is 12.2 Å². The molecule has 3 aromatic carbocycles. The Morgan fingerprint density at radius 2 is 1.30 bits per heavy atom. The van der Waals surface area contributed by atoms with Gasteiger partial charge >= 0.3 is 17.9 Å². The summed E-state index contributed by atoms with van der Waals surface area (Å²) in [6.07, 6.45) is -4.37. The summed E-state index contributed by atoms with van der Waals surface area (Å²) < 4.78 is 10.3. The number of nitrogens with one attached hydrogen (secondary N) is 1. The zero-order valence-electron chi connectivity index (χ0n) is 19.7. The van der Waals surface area contributed by atoms with E-state index in [1.165, 1.54) is 42.5 Å². The lowest BCUT2D eigenvalue weighted by molar-refractivity contribution is -0.384. The molecular weight excluding hydrogens is 484 g/mol. The van der Waals surface area contributed by atoms with Crippen LogP contribution in [0.4, 0.5) is 11.4 Å². The number of aryl methyl sites for hydroxylation is 2. The van der Waals surface area contributed by atoms with Crippen molar-refractivity contribution in [3.63, 3.8) is 0 Å². The van der Waals surface area contributed by atoms with E-state index in [0.29, 0.717) is 0 Å². The van der Waals surface area contributed by atoms with Crippen LogP contribution in [-0.2, 0) is 19.1 Å². The maximum atomic E-state index is 13.1. The first-order chi connectivity index (χ1) is 17.5. The number of esters is 2. The molecule has 0 unspecified atom stereocenters. The first kappa shape index (κ1) is 26.5. The van der Waals surface area contributed by atoms with E-state index in [4.69, 9.17) is 9.47 Å². The maximum Gasteiger partial charge on any atom is 0.349 e. The van der Waals surface area contributed by atoms with Crippen molar-refractivity contribution in [3.05, 3.63) is 105 Å². The van der Waals surface area contributed by atoms with Crippen LogP contribution in [0.15, 0.2) is 72.8 Å². The SMILES string of the molecule is Cc1ccc(C(=O)O[C@H](C(=O)O)[C@@H](OC(=O)c2ccc(C)cc2)C(=O)Nc2cccc([N+](=O)[O-])c2)cc1. The number of nitrogens with zero attached hydrogens (tertiary/aromatic N) is 1. The third kappa shape index (κ3) is 6.98. The Hall–Kier alpha value is -5.06. The van der Waals surface area contributed by atoms with Crippen LogP contribution in [0.2, 0.25) is 0 Å². The van der Waals surface area contributed by atoms with Crippen molar-refractivity contribution in [2.24, 2.45) is 0 Å². The van der Waals surface area contributed by atoms with E-state index >= 15 is 0 Å². The minimum atomic E-state index is -2.23. The van der Waals surface area contributed by atoms with Crippen molar-refractivity contribution in [1.29, 1.82) is 0 Å². The third-order valence-corrected chi connectivity index (χ3v) is 5.14. The maximum absolute atomic E-state index is 13.1. The van der Waals surface area contributed by atoms with Gasteiger partial charge in [-0.25, -0.2) is 14.4 Å². The van der Waals surface area contributed by atoms with Crippen LogP contribution in [0.3, 0.4) is 0 Å². The van der Waals surface area contributed by atoms with Crippen molar-refractivity contribution in [2.75, 3.05) is 5.32 Å². The number of nitro groups is 1. The molecule has 190 valence electrons. The van der Waals surface area contributed by atoms with Crippen molar-refractivity contribution >= 4 is 35.2 Å². The number of carbonyl (C=O) groups is 4. The Bertz CT molecular complexity index is 1330. The van der Waals surface area contributed by atoms with E-state index in [1.807, 2.05) is 0 Å². The molecule has 0 saturated carbocycles. The molecule has 0 aliphatic heterocycles. The lowest BCUT2D eigenvalue weighted by atomic mass is 10.1. The highest BCUT2D eigenvalue weighted by Gasteiger charge is 2.41. The second-order valence-corrected chi connectivity index (χ2v) is 8.02. The molecule has 0 heterocycles. The Balaban J connectivity index is 1.92. The molecule has 0 radical (unpaired) electrons. The quantitative estimate of drug-likeness (QED) is 0.250. The Labute approximate surface area is 210 Å². The lowest BCUT2D eigenvalue weighted by Crippen LogP contribution is -2.48. The Kier molecular flexibility index (Phi) is 8.31. The number of hydrogen-bond donors (Lipinski definition) is 2. The first-order valence-electron chi connectivity index (χ1n) is 10.9. The monoisotopic (exact) mass is 506 g/mol. The van der Waals surface area contributed by atoms with Gasteiger partial charge in [0.1, 0.15) is 0 Å². The highest BCUT2D eigenvalue weighted by atomic mass is 16.6. The van der Waals surface area contributed by atoms with E-state index in [-0.39, 0.29) is 22.5 Å². The summed E-state index contributed by atoms with van der Waals surface area (Å²) in [5.41, 5.74) is 1.31. The van der Waals surface area contributed by atoms with Crippen LogP contribution in [0.25, 0.3) is 0 Å².